The van der Waals surface area contributed by atoms with Crippen molar-refractivity contribution < 1.29 is 18.8 Å². The maximum Gasteiger partial charge on any atom is 0.219 e. The van der Waals surface area contributed by atoms with Crippen LogP contribution < -0.4 is 10.1 Å². The minimum atomic E-state index is -0.0997. The van der Waals surface area contributed by atoms with Gasteiger partial charge in [-0.05, 0) is 25.0 Å². The van der Waals surface area contributed by atoms with Crippen LogP contribution in [0.4, 0.5) is 0 Å². The van der Waals surface area contributed by atoms with E-state index in [0.29, 0.717) is 31.6 Å². The Morgan fingerprint density at radius 2 is 2.04 bits per heavy atom. The Bertz CT molecular complexity index is 780. The molecule has 2 saturated heterocycles. The van der Waals surface area contributed by atoms with Crippen LogP contribution in [-0.4, -0.2) is 53.8 Å². The van der Waals surface area contributed by atoms with Crippen LogP contribution in [0.5, 0.6) is 5.75 Å². The van der Waals surface area contributed by atoms with Crippen LogP contribution in [0.25, 0.3) is 0 Å². The van der Waals surface area contributed by atoms with Gasteiger partial charge in [0.1, 0.15) is 12.4 Å². The van der Waals surface area contributed by atoms with Gasteiger partial charge in [0.05, 0.1) is 24.4 Å². The number of carbonyl (C=O) groups is 1. The Labute approximate surface area is 165 Å². The van der Waals surface area contributed by atoms with Gasteiger partial charge < -0.3 is 24.2 Å². The Morgan fingerprint density at radius 3 is 2.68 bits per heavy atom. The summed E-state index contributed by atoms with van der Waals surface area (Å²) in [6, 6.07) is 12.0. The molecule has 0 radical (unpaired) electrons. The third-order valence-corrected chi connectivity index (χ3v) is 5.46. The summed E-state index contributed by atoms with van der Waals surface area (Å²) in [4.78, 5) is 13.4. The average Bonchev–Trinajstić information content (AvgIpc) is 3.13. The highest BCUT2D eigenvalue weighted by Crippen LogP contribution is 2.25. The number of nitrogens with one attached hydrogen (secondary N) is 1. The molecule has 0 spiro atoms. The van der Waals surface area contributed by atoms with Crippen molar-refractivity contribution >= 4 is 5.91 Å². The summed E-state index contributed by atoms with van der Waals surface area (Å²) in [7, 11) is 0. The second-order valence-electron chi connectivity index (χ2n) is 7.76. The van der Waals surface area contributed by atoms with Crippen molar-refractivity contribution in [3.63, 3.8) is 0 Å². The maximum absolute atomic E-state index is 11.5. The highest BCUT2D eigenvalue weighted by Gasteiger charge is 2.41. The van der Waals surface area contributed by atoms with Crippen molar-refractivity contribution in [2.24, 2.45) is 0 Å². The fraction of sp³-hybridized carbons (Fsp3) is 0.524. The molecular formula is C21H27N3O4. The number of amides is 1. The van der Waals surface area contributed by atoms with Crippen molar-refractivity contribution in [2.45, 2.75) is 44.4 Å². The molecule has 1 aromatic carbocycles. The number of para-hydroxylation sites is 1. The van der Waals surface area contributed by atoms with Crippen LogP contribution >= 0.6 is 0 Å². The summed E-state index contributed by atoms with van der Waals surface area (Å²) in [5.74, 6) is 1.68. The van der Waals surface area contributed by atoms with E-state index in [2.05, 4.69) is 10.5 Å². The molecule has 4 rings (SSSR count). The maximum atomic E-state index is 11.5. The van der Waals surface area contributed by atoms with Crippen molar-refractivity contribution in [2.75, 3.05) is 26.3 Å². The first kappa shape index (κ1) is 19.0. The highest BCUT2D eigenvalue weighted by atomic mass is 16.5. The van der Waals surface area contributed by atoms with E-state index in [-0.39, 0.29) is 11.4 Å². The van der Waals surface area contributed by atoms with Gasteiger partial charge >= 0.3 is 0 Å². The third kappa shape index (κ3) is 4.54. The summed E-state index contributed by atoms with van der Waals surface area (Å²) < 4.78 is 16.7. The molecule has 0 saturated carbocycles. The van der Waals surface area contributed by atoms with Gasteiger partial charge in [-0.3, -0.25) is 4.79 Å². The largest absolute Gasteiger partial charge is 0.486 e. The lowest BCUT2D eigenvalue weighted by Crippen LogP contribution is -2.65. The molecule has 2 aliphatic rings. The molecule has 1 N–H and O–H groups in total. The van der Waals surface area contributed by atoms with E-state index in [9.17, 15) is 4.79 Å². The first-order valence-electron chi connectivity index (χ1n) is 9.85. The normalized spacial score (nSPS) is 19.2. The minimum absolute atomic E-state index is 0.0997. The van der Waals surface area contributed by atoms with Crippen LogP contribution in [-0.2, 0) is 22.6 Å². The molecule has 150 valence electrons. The first-order valence-corrected chi connectivity index (χ1v) is 9.85. The number of benzene rings is 1. The second-order valence-corrected chi connectivity index (χ2v) is 7.76. The van der Waals surface area contributed by atoms with Crippen LogP contribution in [0, 0.1) is 0 Å². The van der Waals surface area contributed by atoms with Gasteiger partial charge in [-0.2, -0.15) is 0 Å². The zero-order chi connectivity index (χ0) is 19.4. The van der Waals surface area contributed by atoms with E-state index in [1.807, 2.05) is 41.3 Å². The zero-order valence-corrected chi connectivity index (χ0v) is 16.2. The number of nitrogens with zero attached hydrogens (tertiary/aromatic N) is 2. The van der Waals surface area contributed by atoms with E-state index >= 15 is 0 Å². The van der Waals surface area contributed by atoms with Gasteiger partial charge in [0.15, 0.2) is 5.76 Å². The molecular weight excluding hydrogens is 358 g/mol. The smallest absolute Gasteiger partial charge is 0.219 e. The Hall–Kier alpha value is -2.38. The van der Waals surface area contributed by atoms with E-state index < -0.39 is 0 Å². The van der Waals surface area contributed by atoms with Gasteiger partial charge in [-0.1, -0.05) is 23.4 Å². The second kappa shape index (κ2) is 8.32. The summed E-state index contributed by atoms with van der Waals surface area (Å²) in [6.45, 7) is 4.96. The van der Waals surface area contributed by atoms with Crippen LogP contribution in [0.3, 0.4) is 0 Å². The number of rotatable bonds is 7. The number of hydrogen-bond donors (Lipinski definition) is 1. The predicted molar refractivity (Wildman–Crippen MR) is 103 cm³/mol. The molecule has 0 unspecified atom stereocenters. The van der Waals surface area contributed by atoms with Crippen molar-refractivity contribution in [1.82, 2.24) is 15.4 Å². The minimum Gasteiger partial charge on any atom is -0.486 e. The monoisotopic (exact) mass is 385 g/mol. The van der Waals surface area contributed by atoms with Crippen LogP contribution in [0.15, 0.2) is 40.9 Å². The lowest BCUT2D eigenvalue weighted by atomic mass is 9.88. The quantitative estimate of drug-likeness (QED) is 0.787. The number of ether oxygens (including phenoxy) is 2. The Morgan fingerprint density at radius 1 is 1.29 bits per heavy atom. The van der Waals surface area contributed by atoms with E-state index in [0.717, 1.165) is 43.8 Å². The van der Waals surface area contributed by atoms with Crippen LogP contribution in [0.2, 0.25) is 0 Å². The standard InChI is InChI=1S/C21H27N3O4/c1-16(25)24-9-7-17(8-10-24)22-21(14-26-15-21)12-18-11-20(28-23-18)13-27-19-5-3-2-4-6-19/h2-6,11,17,22H,7-10,12-15H2,1H3. The molecule has 2 aromatic rings. The van der Waals surface area contributed by atoms with Gasteiger partial charge in [0.25, 0.3) is 0 Å². The SMILES string of the molecule is CC(=O)N1CCC(NC2(Cc3cc(COc4ccccc4)on3)COC2)CC1. The average molecular weight is 385 g/mol. The number of likely N-dealkylation sites (tertiary alicyclic amines) is 1. The number of piperidine rings is 1. The summed E-state index contributed by atoms with van der Waals surface area (Å²) in [5.41, 5.74) is 0.806. The zero-order valence-electron chi connectivity index (χ0n) is 16.2. The Kier molecular flexibility index (Phi) is 5.64. The number of carbonyl (C=O) groups excluding carboxylic acids is 1. The van der Waals surface area contributed by atoms with Crippen LogP contribution in [0.1, 0.15) is 31.2 Å². The van der Waals surface area contributed by atoms with Gasteiger partial charge in [0.2, 0.25) is 5.91 Å². The fourth-order valence-corrected chi connectivity index (χ4v) is 3.88. The summed E-state index contributed by atoms with van der Waals surface area (Å²) in [6.07, 6.45) is 2.70. The van der Waals surface area contributed by atoms with Crippen molar-refractivity contribution in [3.8, 4) is 5.75 Å². The summed E-state index contributed by atoms with van der Waals surface area (Å²) in [5, 5.41) is 7.99. The van der Waals surface area contributed by atoms with E-state index in [1.165, 1.54) is 0 Å². The van der Waals surface area contributed by atoms with E-state index in [1.54, 1.807) is 6.92 Å². The van der Waals surface area contributed by atoms with Crippen molar-refractivity contribution in [1.29, 1.82) is 0 Å². The topological polar surface area (TPSA) is 76.8 Å². The van der Waals surface area contributed by atoms with Crippen molar-refractivity contribution in [3.05, 3.63) is 47.9 Å². The molecule has 0 atom stereocenters. The molecule has 0 bridgehead atoms. The molecule has 1 aromatic heterocycles. The predicted octanol–water partition coefficient (Wildman–Crippen LogP) is 2.17. The number of hydrogen-bond acceptors (Lipinski definition) is 6. The van der Waals surface area contributed by atoms with Gasteiger partial charge in [-0.25, -0.2) is 0 Å². The first-order chi connectivity index (χ1) is 13.6. The molecule has 7 heteroatoms. The van der Waals surface area contributed by atoms with Gasteiger partial charge in [-0.15, -0.1) is 0 Å². The lowest BCUT2D eigenvalue weighted by Gasteiger charge is -2.46. The molecule has 2 fully saturated rings. The molecule has 1 amide bonds. The highest BCUT2D eigenvalue weighted by molar-refractivity contribution is 5.73. The third-order valence-electron chi connectivity index (χ3n) is 5.46. The van der Waals surface area contributed by atoms with E-state index in [4.69, 9.17) is 14.0 Å². The molecule has 0 aliphatic carbocycles. The summed E-state index contributed by atoms with van der Waals surface area (Å²) >= 11 is 0. The molecule has 7 nitrogen and oxygen atoms in total. The van der Waals surface area contributed by atoms with Gasteiger partial charge in [0, 0.05) is 38.5 Å². The fourth-order valence-electron chi connectivity index (χ4n) is 3.88. The Balaban J connectivity index is 1.30. The molecule has 2 aliphatic heterocycles. The number of aromatic nitrogens is 1. The molecule has 3 heterocycles. The molecule has 28 heavy (non-hydrogen) atoms. The lowest BCUT2D eigenvalue weighted by molar-refractivity contribution is -0.130.